The van der Waals surface area contributed by atoms with Gasteiger partial charge in [0.2, 0.25) is 0 Å². The van der Waals surface area contributed by atoms with Crippen molar-refractivity contribution in [2.75, 3.05) is 0 Å². The summed E-state index contributed by atoms with van der Waals surface area (Å²) in [5.74, 6) is 0. The molecule has 0 bridgehead atoms. The van der Waals surface area contributed by atoms with Gasteiger partial charge in [-0.2, -0.15) is 26.3 Å². The Hall–Kier alpha value is -2.50. The second-order valence-electron chi connectivity index (χ2n) is 6.29. The first kappa shape index (κ1) is 19.3. The number of aryl methyl sites for hydroxylation is 1. The van der Waals surface area contributed by atoms with Crippen LogP contribution in [0.15, 0.2) is 60.2 Å². The molecule has 0 fully saturated rings. The van der Waals surface area contributed by atoms with E-state index in [9.17, 15) is 26.3 Å². The molecule has 0 saturated heterocycles. The first-order chi connectivity index (χ1) is 12.6. The molecule has 0 spiro atoms. The average molecular weight is 381 g/mol. The minimum absolute atomic E-state index is 0.0416. The molecule has 0 saturated carbocycles. The fraction of sp³-hybridized carbons (Fsp3) is 0.190. The Morgan fingerprint density at radius 1 is 0.704 bits per heavy atom. The first-order valence-corrected chi connectivity index (χ1v) is 8.17. The SMILES string of the molecule is Cc1ccc(C2=CC[CH]C(c3ccc(C(F)(F)F)cc3)=C2C(F)(F)F)cc1. The van der Waals surface area contributed by atoms with Gasteiger partial charge in [-0.15, -0.1) is 0 Å². The van der Waals surface area contributed by atoms with Gasteiger partial charge in [-0.05, 0) is 54.2 Å². The van der Waals surface area contributed by atoms with E-state index < -0.39 is 23.5 Å². The van der Waals surface area contributed by atoms with Gasteiger partial charge in [0.15, 0.2) is 0 Å². The summed E-state index contributed by atoms with van der Waals surface area (Å²) in [6.07, 6.45) is -6.04. The predicted octanol–water partition coefficient (Wildman–Crippen LogP) is 7.02. The van der Waals surface area contributed by atoms with Gasteiger partial charge in [0, 0.05) is 0 Å². The molecular weight excluding hydrogens is 366 g/mol. The summed E-state index contributed by atoms with van der Waals surface area (Å²) in [5, 5.41) is 0. The van der Waals surface area contributed by atoms with Crippen LogP contribution in [-0.4, -0.2) is 6.18 Å². The van der Waals surface area contributed by atoms with E-state index >= 15 is 0 Å². The Balaban J connectivity index is 2.12. The zero-order chi connectivity index (χ0) is 19.8. The standard InChI is InChI=1S/C21H15F6/c1-13-5-7-14(8-6-13)17-3-2-4-18(19(17)21(25,26)27)15-9-11-16(12-10-15)20(22,23)24/h3-12H,2H2,1H3. The van der Waals surface area contributed by atoms with Gasteiger partial charge in [-0.3, -0.25) is 0 Å². The lowest BCUT2D eigenvalue weighted by molar-refractivity contribution is -0.137. The van der Waals surface area contributed by atoms with Crippen LogP contribution < -0.4 is 0 Å². The molecule has 0 atom stereocenters. The quantitative estimate of drug-likeness (QED) is 0.490. The highest BCUT2D eigenvalue weighted by Gasteiger charge is 2.40. The normalized spacial score (nSPS) is 15.7. The maximum Gasteiger partial charge on any atom is 0.417 e. The predicted molar refractivity (Wildman–Crippen MR) is 92.5 cm³/mol. The lowest BCUT2D eigenvalue weighted by Gasteiger charge is -2.25. The number of rotatable bonds is 2. The molecule has 0 N–H and O–H groups in total. The van der Waals surface area contributed by atoms with Crippen LogP contribution in [-0.2, 0) is 6.18 Å². The molecule has 141 valence electrons. The number of hydrogen-bond acceptors (Lipinski definition) is 0. The van der Waals surface area contributed by atoms with Crippen molar-refractivity contribution < 1.29 is 26.3 Å². The van der Waals surface area contributed by atoms with Crippen LogP contribution in [0.3, 0.4) is 0 Å². The zero-order valence-electron chi connectivity index (χ0n) is 14.2. The van der Waals surface area contributed by atoms with Crippen molar-refractivity contribution in [3.8, 4) is 0 Å². The summed E-state index contributed by atoms with van der Waals surface area (Å²) in [4.78, 5) is 0. The maximum absolute atomic E-state index is 13.9. The summed E-state index contributed by atoms with van der Waals surface area (Å²) >= 11 is 0. The lowest BCUT2D eigenvalue weighted by Crippen LogP contribution is -2.18. The van der Waals surface area contributed by atoms with Gasteiger partial charge >= 0.3 is 12.4 Å². The van der Waals surface area contributed by atoms with E-state index in [4.69, 9.17) is 0 Å². The van der Waals surface area contributed by atoms with Crippen LogP contribution in [0.1, 0.15) is 28.7 Å². The molecule has 3 rings (SSSR count). The lowest BCUT2D eigenvalue weighted by atomic mass is 9.83. The highest BCUT2D eigenvalue weighted by molar-refractivity contribution is 5.95. The fourth-order valence-electron chi connectivity index (χ4n) is 3.05. The highest BCUT2D eigenvalue weighted by Crippen LogP contribution is 2.45. The van der Waals surface area contributed by atoms with Crippen LogP contribution in [0.4, 0.5) is 26.3 Å². The van der Waals surface area contributed by atoms with Crippen molar-refractivity contribution in [3.63, 3.8) is 0 Å². The topological polar surface area (TPSA) is 0 Å². The Morgan fingerprint density at radius 3 is 1.78 bits per heavy atom. The average Bonchev–Trinajstić information content (AvgIpc) is 2.60. The van der Waals surface area contributed by atoms with E-state index in [0.29, 0.717) is 5.56 Å². The zero-order valence-corrected chi connectivity index (χ0v) is 14.2. The van der Waals surface area contributed by atoms with E-state index in [0.717, 1.165) is 29.8 Å². The second-order valence-corrected chi connectivity index (χ2v) is 6.29. The fourth-order valence-corrected chi connectivity index (χ4v) is 3.05. The number of alkyl halides is 6. The third-order valence-corrected chi connectivity index (χ3v) is 4.35. The van der Waals surface area contributed by atoms with Crippen molar-refractivity contribution in [1.29, 1.82) is 0 Å². The van der Waals surface area contributed by atoms with Crippen LogP contribution in [0.2, 0.25) is 0 Å². The number of hydrogen-bond donors (Lipinski definition) is 0. The molecule has 2 aromatic carbocycles. The summed E-state index contributed by atoms with van der Waals surface area (Å²) in [5.41, 5.74) is -0.349. The molecule has 0 aliphatic heterocycles. The van der Waals surface area contributed by atoms with Crippen LogP contribution in [0, 0.1) is 13.3 Å². The van der Waals surface area contributed by atoms with Crippen LogP contribution in [0.25, 0.3) is 11.1 Å². The van der Waals surface area contributed by atoms with Gasteiger partial charge in [0.25, 0.3) is 0 Å². The van der Waals surface area contributed by atoms with Crippen LogP contribution >= 0.6 is 0 Å². The third-order valence-electron chi connectivity index (χ3n) is 4.35. The number of allylic oxidation sites excluding steroid dienone is 4. The molecule has 6 heteroatoms. The van der Waals surface area contributed by atoms with Crippen molar-refractivity contribution in [2.45, 2.75) is 25.7 Å². The summed E-state index contributed by atoms with van der Waals surface area (Å²) in [6, 6.07) is 10.4. The van der Waals surface area contributed by atoms with Gasteiger partial charge in [-0.1, -0.05) is 48.0 Å². The van der Waals surface area contributed by atoms with Gasteiger partial charge in [0.1, 0.15) is 0 Å². The summed E-state index contributed by atoms with van der Waals surface area (Å²) < 4.78 is 79.8. The molecule has 0 unspecified atom stereocenters. The van der Waals surface area contributed by atoms with E-state index in [-0.39, 0.29) is 23.1 Å². The summed E-state index contributed by atoms with van der Waals surface area (Å²) in [6.45, 7) is 1.83. The molecule has 1 aliphatic rings. The van der Waals surface area contributed by atoms with Gasteiger partial charge in [0.05, 0.1) is 11.1 Å². The molecule has 27 heavy (non-hydrogen) atoms. The molecule has 2 aromatic rings. The molecule has 1 radical (unpaired) electrons. The largest absolute Gasteiger partial charge is 0.417 e. The minimum atomic E-state index is -4.65. The maximum atomic E-state index is 13.9. The smallest absolute Gasteiger partial charge is 0.166 e. The first-order valence-electron chi connectivity index (χ1n) is 8.17. The molecule has 0 nitrogen and oxygen atoms in total. The van der Waals surface area contributed by atoms with Crippen molar-refractivity contribution in [1.82, 2.24) is 0 Å². The van der Waals surface area contributed by atoms with Crippen molar-refractivity contribution >= 4 is 11.1 Å². The van der Waals surface area contributed by atoms with E-state index in [1.54, 1.807) is 24.3 Å². The van der Waals surface area contributed by atoms with E-state index in [1.807, 2.05) is 6.92 Å². The monoisotopic (exact) mass is 381 g/mol. The third kappa shape index (κ3) is 4.10. The number of benzene rings is 2. The Morgan fingerprint density at radius 2 is 1.26 bits per heavy atom. The van der Waals surface area contributed by atoms with Crippen molar-refractivity contribution in [2.24, 2.45) is 0 Å². The number of halogens is 6. The molecular formula is C21H15F6. The Kier molecular flexibility index (Phi) is 4.93. The molecule has 1 aliphatic carbocycles. The minimum Gasteiger partial charge on any atom is -0.166 e. The summed E-state index contributed by atoms with van der Waals surface area (Å²) in [7, 11) is 0. The molecule has 0 aromatic heterocycles. The van der Waals surface area contributed by atoms with Crippen LogP contribution in [0.5, 0.6) is 0 Å². The molecule has 0 heterocycles. The second kappa shape index (κ2) is 6.91. The Bertz CT molecular complexity index is 878. The Labute approximate surface area is 152 Å². The van der Waals surface area contributed by atoms with Gasteiger partial charge < -0.3 is 0 Å². The van der Waals surface area contributed by atoms with E-state index in [1.165, 1.54) is 12.5 Å². The highest BCUT2D eigenvalue weighted by atomic mass is 19.4. The van der Waals surface area contributed by atoms with E-state index in [2.05, 4.69) is 0 Å². The van der Waals surface area contributed by atoms with Crippen molar-refractivity contribution in [3.05, 3.63) is 88.9 Å². The van der Waals surface area contributed by atoms with Gasteiger partial charge in [-0.25, -0.2) is 0 Å². The molecule has 0 amide bonds.